The molecule has 0 radical (unpaired) electrons. The van der Waals surface area contributed by atoms with E-state index in [0.29, 0.717) is 5.69 Å². The summed E-state index contributed by atoms with van der Waals surface area (Å²) in [6.45, 7) is 0. The van der Waals surface area contributed by atoms with Gasteiger partial charge in [-0.2, -0.15) is 10.4 Å². The van der Waals surface area contributed by atoms with Crippen LogP contribution in [0.3, 0.4) is 0 Å². The SMILES string of the molecule is N#C/C(=N\Nc1ccc(-c2nc3ccc(Br)cc3[nH]2)cc1)C(=N)N. The number of hydrogen-bond acceptors (Lipinski definition) is 5. The summed E-state index contributed by atoms with van der Waals surface area (Å²) in [5.74, 6) is 0.384. The molecule has 0 saturated carbocycles. The van der Waals surface area contributed by atoms with Gasteiger partial charge in [-0.05, 0) is 42.5 Å². The third-order valence-corrected chi connectivity index (χ3v) is 3.75. The number of halogens is 1. The van der Waals surface area contributed by atoms with E-state index < -0.39 is 0 Å². The number of anilines is 1. The fourth-order valence-electron chi connectivity index (χ4n) is 2.09. The number of nitriles is 1. The number of nitrogens with two attached hydrogens (primary N) is 1. The van der Waals surface area contributed by atoms with Crippen molar-refractivity contribution in [2.24, 2.45) is 10.8 Å². The average Bonchev–Trinajstić information content (AvgIpc) is 2.98. The normalized spacial score (nSPS) is 11.2. The molecule has 3 rings (SSSR count). The number of fused-ring (bicyclic) bond motifs is 1. The lowest BCUT2D eigenvalue weighted by Crippen LogP contribution is -2.21. The Hall–Kier alpha value is -3.18. The number of benzene rings is 2. The predicted octanol–water partition coefficient (Wildman–Crippen LogP) is 3.22. The summed E-state index contributed by atoms with van der Waals surface area (Å²) in [7, 11) is 0. The lowest BCUT2D eigenvalue weighted by molar-refractivity contribution is 1.31. The minimum absolute atomic E-state index is 0.165. The molecule has 0 aliphatic heterocycles. The van der Waals surface area contributed by atoms with E-state index in [0.717, 1.165) is 26.9 Å². The Morgan fingerprint density at radius 1 is 1.29 bits per heavy atom. The Morgan fingerprint density at radius 2 is 2.04 bits per heavy atom. The number of aromatic nitrogens is 2. The molecule has 24 heavy (non-hydrogen) atoms. The molecule has 0 aliphatic rings. The molecular formula is C16H12BrN7. The Balaban J connectivity index is 1.83. The van der Waals surface area contributed by atoms with Crippen LogP contribution < -0.4 is 11.2 Å². The summed E-state index contributed by atoms with van der Waals surface area (Å²) in [5, 5.41) is 19.8. The molecule has 8 heteroatoms. The molecule has 118 valence electrons. The maximum atomic E-state index is 8.80. The molecule has 1 aromatic heterocycles. The summed E-state index contributed by atoms with van der Waals surface area (Å²) < 4.78 is 0.987. The number of hydrogen-bond donors (Lipinski definition) is 4. The van der Waals surface area contributed by atoms with E-state index >= 15 is 0 Å². The van der Waals surface area contributed by atoms with Gasteiger partial charge in [-0.15, -0.1) is 0 Å². The lowest BCUT2D eigenvalue weighted by atomic mass is 10.2. The van der Waals surface area contributed by atoms with Crippen molar-refractivity contribution in [2.75, 3.05) is 5.43 Å². The molecule has 0 saturated heterocycles. The molecule has 7 nitrogen and oxygen atoms in total. The minimum atomic E-state index is -0.380. The van der Waals surface area contributed by atoms with Crippen LogP contribution in [0.15, 0.2) is 52.0 Å². The van der Waals surface area contributed by atoms with Crippen LogP contribution in [0.25, 0.3) is 22.4 Å². The van der Waals surface area contributed by atoms with Crippen LogP contribution in [-0.4, -0.2) is 21.5 Å². The van der Waals surface area contributed by atoms with Gasteiger partial charge in [0.25, 0.3) is 0 Å². The summed E-state index contributed by atoms with van der Waals surface area (Å²) in [5.41, 5.74) is 11.2. The van der Waals surface area contributed by atoms with Crippen LogP contribution in [0.2, 0.25) is 0 Å². The van der Waals surface area contributed by atoms with Crippen molar-refractivity contribution in [1.29, 1.82) is 10.7 Å². The van der Waals surface area contributed by atoms with Gasteiger partial charge in [0.15, 0.2) is 5.84 Å². The number of rotatable bonds is 4. The lowest BCUT2D eigenvalue weighted by Gasteiger charge is -2.02. The number of nitrogens with zero attached hydrogens (tertiary/aromatic N) is 3. The van der Waals surface area contributed by atoms with Crippen LogP contribution in [0, 0.1) is 16.7 Å². The van der Waals surface area contributed by atoms with Crippen molar-refractivity contribution in [3.63, 3.8) is 0 Å². The molecule has 0 fully saturated rings. The fraction of sp³-hybridized carbons (Fsp3) is 0. The van der Waals surface area contributed by atoms with E-state index in [1.165, 1.54) is 0 Å². The first-order valence-electron chi connectivity index (χ1n) is 6.91. The second-order valence-corrected chi connectivity index (χ2v) is 5.84. The number of nitrogens with one attached hydrogen (secondary N) is 3. The Morgan fingerprint density at radius 3 is 2.71 bits per heavy atom. The second-order valence-electron chi connectivity index (χ2n) is 4.92. The summed E-state index contributed by atoms with van der Waals surface area (Å²) in [4.78, 5) is 7.82. The van der Waals surface area contributed by atoms with E-state index in [4.69, 9.17) is 16.4 Å². The van der Waals surface area contributed by atoms with E-state index in [9.17, 15) is 0 Å². The van der Waals surface area contributed by atoms with Crippen LogP contribution in [0.5, 0.6) is 0 Å². The quantitative estimate of drug-likeness (QED) is 0.314. The molecule has 1 heterocycles. The molecule has 0 bridgehead atoms. The summed E-state index contributed by atoms with van der Waals surface area (Å²) >= 11 is 3.44. The zero-order chi connectivity index (χ0) is 17.1. The molecule has 2 aromatic carbocycles. The number of amidine groups is 1. The van der Waals surface area contributed by atoms with Crippen molar-refractivity contribution in [3.8, 4) is 17.5 Å². The maximum Gasteiger partial charge on any atom is 0.201 e. The highest BCUT2D eigenvalue weighted by atomic mass is 79.9. The topological polar surface area (TPSA) is 127 Å². The summed E-state index contributed by atoms with van der Waals surface area (Å²) in [6.07, 6.45) is 0. The second kappa shape index (κ2) is 6.52. The van der Waals surface area contributed by atoms with Gasteiger partial charge in [0, 0.05) is 10.0 Å². The van der Waals surface area contributed by atoms with Gasteiger partial charge in [-0.1, -0.05) is 15.9 Å². The molecule has 0 amide bonds. The first kappa shape index (κ1) is 15.7. The van der Waals surface area contributed by atoms with Gasteiger partial charge in [0.05, 0.1) is 16.7 Å². The van der Waals surface area contributed by atoms with Crippen LogP contribution >= 0.6 is 15.9 Å². The number of hydrazone groups is 1. The van der Waals surface area contributed by atoms with Crippen LogP contribution in [0.1, 0.15) is 0 Å². The standard InChI is InChI=1S/C16H12BrN7/c17-10-3-6-12-13(7-10)22-16(21-12)9-1-4-11(5-2-9)23-24-14(8-18)15(19)20/h1-7,23H,(H3,19,20)(H,21,22)/b24-14+. The summed E-state index contributed by atoms with van der Waals surface area (Å²) in [6, 6.07) is 15.0. The zero-order valence-electron chi connectivity index (χ0n) is 12.3. The Kier molecular flexibility index (Phi) is 4.26. The largest absolute Gasteiger partial charge is 0.382 e. The van der Waals surface area contributed by atoms with Crippen molar-refractivity contribution < 1.29 is 0 Å². The van der Waals surface area contributed by atoms with Crippen molar-refractivity contribution >= 4 is 44.2 Å². The van der Waals surface area contributed by atoms with Gasteiger partial charge in [0.1, 0.15) is 11.9 Å². The van der Waals surface area contributed by atoms with Crippen LogP contribution in [0.4, 0.5) is 5.69 Å². The van der Waals surface area contributed by atoms with Crippen molar-refractivity contribution in [1.82, 2.24) is 9.97 Å². The molecule has 0 aliphatic carbocycles. The molecular weight excluding hydrogens is 370 g/mol. The molecule has 0 atom stereocenters. The van der Waals surface area contributed by atoms with E-state index in [2.05, 4.69) is 36.4 Å². The monoisotopic (exact) mass is 381 g/mol. The van der Waals surface area contributed by atoms with Gasteiger partial charge in [-0.25, -0.2) is 4.98 Å². The van der Waals surface area contributed by atoms with E-state index in [1.54, 1.807) is 18.2 Å². The number of aromatic amines is 1. The smallest absolute Gasteiger partial charge is 0.201 e. The number of imidazole rings is 1. The molecule has 0 unspecified atom stereocenters. The number of H-pyrrole nitrogens is 1. The highest BCUT2D eigenvalue weighted by Crippen LogP contribution is 2.24. The third-order valence-electron chi connectivity index (χ3n) is 3.26. The Bertz CT molecular complexity index is 980. The zero-order valence-corrected chi connectivity index (χ0v) is 13.9. The Labute approximate surface area is 145 Å². The van der Waals surface area contributed by atoms with Crippen molar-refractivity contribution in [2.45, 2.75) is 0 Å². The molecule has 3 aromatic rings. The van der Waals surface area contributed by atoms with Gasteiger partial charge < -0.3 is 10.7 Å². The molecule has 5 N–H and O–H groups in total. The van der Waals surface area contributed by atoms with Crippen LogP contribution in [-0.2, 0) is 0 Å². The molecule has 0 spiro atoms. The van der Waals surface area contributed by atoms with Gasteiger partial charge >= 0.3 is 0 Å². The van der Waals surface area contributed by atoms with Gasteiger partial charge in [0.2, 0.25) is 5.71 Å². The first-order valence-corrected chi connectivity index (χ1v) is 7.70. The maximum absolute atomic E-state index is 8.80. The van der Waals surface area contributed by atoms with E-state index in [1.807, 2.05) is 30.3 Å². The average molecular weight is 382 g/mol. The third kappa shape index (κ3) is 3.26. The van der Waals surface area contributed by atoms with Crippen molar-refractivity contribution in [3.05, 3.63) is 46.9 Å². The highest BCUT2D eigenvalue weighted by Gasteiger charge is 2.06. The fourth-order valence-corrected chi connectivity index (χ4v) is 2.45. The minimum Gasteiger partial charge on any atom is -0.382 e. The van der Waals surface area contributed by atoms with E-state index in [-0.39, 0.29) is 11.5 Å². The highest BCUT2D eigenvalue weighted by molar-refractivity contribution is 9.10. The predicted molar refractivity (Wildman–Crippen MR) is 97.8 cm³/mol. The van der Waals surface area contributed by atoms with Gasteiger partial charge in [-0.3, -0.25) is 10.8 Å². The first-order chi connectivity index (χ1) is 11.6.